The van der Waals surface area contributed by atoms with Crippen LogP contribution in [0.2, 0.25) is 0 Å². The number of carbonyl (C=O) groups excluding carboxylic acids is 1. The van der Waals surface area contributed by atoms with Gasteiger partial charge in [-0.2, -0.15) is 0 Å². The summed E-state index contributed by atoms with van der Waals surface area (Å²) in [5.41, 5.74) is 1.59. The number of methoxy groups -OCH3 is 1. The summed E-state index contributed by atoms with van der Waals surface area (Å²) in [5, 5.41) is 11.3. The summed E-state index contributed by atoms with van der Waals surface area (Å²) in [5.74, 6) is -0.119. The summed E-state index contributed by atoms with van der Waals surface area (Å²) in [4.78, 5) is 11.6. The smallest absolute Gasteiger partial charge is 0.251 e. The maximum Gasteiger partial charge on any atom is 0.251 e. The summed E-state index contributed by atoms with van der Waals surface area (Å²) in [6.45, 7) is 1.07. The zero-order valence-corrected chi connectivity index (χ0v) is 9.40. The molecule has 1 aromatic carbocycles. The predicted octanol–water partition coefficient (Wildman–Crippen LogP) is 0.945. The van der Waals surface area contributed by atoms with Crippen molar-refractivity contribution >= 4 is 5.91 Å². The molecular formula is C12H17NO3. The second-order valence-corrected chi connectivity index (χ2v) is 3.47. The highest BCUT2D eigenvalue weighted by Gasteiger charge is 2.04. The highest BCUT2D eigenvalue weighted by molar-refractivity contribution is 5.94. The van der Waals surface area contributed by atoms with Crippen LogP contribution in [0.4, 0.5) is 0 Å². The molecule has 0 bridgehead atoms. The molecule has 0 radical (unpaired) electrons. The van der Waals surface area contributed by atoms with Crippen LogP contribution < -0.4 is 5.32 Å². The van der Waals surface area contributed by atoms with Crippen molar-refractivity contribution in [2.75, 3.05) is 20.3 Å². The van der Waals surface area contributed by atoms with E-state index in [0.29, 0.717) is 25.1 Å². The van der Waals surface area contributed by atoms with Crippen molar-refractivity contribution in [2.24, 2.45) is 0 Å². The SMILES string of the molecule is COCc1cccc(C(=O)NCCCO)c1. The molecule has 0 aliphatic carbocycles. The average Bonchev–Trinajstić information content (AvgIpc) is 2.30. The monoisotopic (exact) mass is 223 g/mol. The normalized spacial score (nSPS) is 10.1. The van der Waals surface area contributed by atoms with Gasteiger partial charge in [0.25, 0.3) is 5.91 Å². The minimum absolute atomic E-state index is 0.0873. The van der Waals surface area contributed by atoms with Crippen LogP contribution in [0.5, 0.6) is 0 Å². The van der Waals surface area contributed by atoms with Gasteiger partial charge in [0.1, 0.15) is 0 Å². The third-order valence-electron chi connectivity index (χ3n) is 2.12. The zero-order chi connectivity index (χ0) is 11.8. The van der Waals surface area contributed by atoms with Crippen molar-refractivity contribution in [1.29, 1.82) is 0 Å². The second-order valence-electron chi connectivity index (χ2n) is 3.47. The molecule has 16 heavy (non-hydrogen) atoms. The highest BCUT2D eigenvalue weighted by atomic mass is 16.5. The molecule has 0 aliphatic rings. The topological polar surface area (TPSA) is 58.6 Å². The molecule has 0 unspecified atom stereocenters. The Morgan fingerprint density at radius 1 is 1.50 bits per heavy atom. The first-order chi connectivity index (χ1) is 7.77. The average molecular weight is 223 g/mol. The lowest BCUT2D eigenvalue weighted by molar-refractivity contribution is 0.0951. The first-order valence-corrected chi connectivity index (χ1v) is 5.25. The quantitative estimate of drug-likeness (QED) is 0.706. The number of hydrogen-bond donors (Lipinski definition) is 2. The minimum Gasteiger partial charge on any atom is -0.396 e. The number of benzene rings is 1. The predicted molar refractivity (Wildman–Crippen MR) is 61.2 cm³/mol. The fourth-order valence-electron chi connectivity index (χ4n) is 1.35. The molecule has 0 heterocycles. The summed E-state index contributed by atoms with van der Waals surface area (Å²) >= 11 is 0. The number of ether oxygens (including phenoxy) is 1. The van der Waals surface area contributed by atoms with Gasteiger partial charge >= 0.3 is 0 Å². The van der Waals surface area contributed by atoms with Crippen LogP contribution in [0, 0.1) is 0 Å². The van der Waals surface area contributed by atoms with Gasteiger partial charge in [-0.3, -0.25) is 4.79 Å². The van der Waals surface area contributed by atoms with Crippen LogP contribution in [0.3, 0.4) is 0 Å². The van der Waals surface area contributed by atoms with Crippen LogP contribution in [0.1, 0.15) is 22.3 Å². The Morgan fingerprint density at radius 3 is 3.00 bits per heavy atom. The Kier molecular flexibility index (Phi) is 5.53. The molecular weight excluding hydrogens is 206 g/mol. The number of carbonyl (C=O) groups is 1. The van der Waals surface area contributed by atoms with Gasteiger partial charge in [0, 0.05) is 25.8 Å². The molecule has 4 heteroatoms. The third-order valence-corrected chi connectivity index (χ3v) is 2.12. The molecule has 0 fully saturated rings. The van der Waals surface area contributed by atoms with E-state index in [1.165, 1.54) is 0 Å². The molecule has 2 N–H and O–H groups in total. The molecule has 0 atom stereocenters. The van der Waals surface area contributed by atoms with Gasteiger partial charge in [0.15, 0.2) is 0 Å². The van der Waals surface area contributed by atoms with E-state index in [2.05, 4.69) is 5.32 Å². The lowest BCUT2D eigenvalue weighted by Crippen LogP contribution is -2.25. The van der Waals surface area contributed by atoms with E-state index in [4.69, 9.17) is 9.84 Å². The Morgan fingerprint density at radius 2 is 2.31 bits per heavy atom. The summed E-state index contributed by atoms with van der Waals surface area (Å²) in [7, 11) is 1.62. The van der Waals surface area contributed by atoms with Gasteiger partial charge in [0.2, 0.25) is 0 Å². The number of aliphatic hydroxyl groups excluding tert-OH is 1. The van der Waals surface area contributed by atoms with Crippen molar-refractivity contribution < 1.29 is 14.6 Å². The van der Waals surface area contributed by atoms with Gasteiger partial charge in [0.05, 0.1) is 6.61 Å². The number of rotatable bonds is 6. The molecule has 4 nitrogen and oxygen atoms in total. The van der Waals surface area contributed by atoms with Crippen LogP contribution in [0.15, 0.2) is 24.3 Å². The summed E-state index contributed by atoms with van der Waals surface area (Å²) in [6, 6.07) is 7.30. The third kappa shape index (κ3) is 4.00. The van der Waals surface area contributed by atoms with Crippen molar-refractivity contribution in [2.45, 2.75) is 13.0 Å². The van der Waals surface area contributed by atoms with Gasteiger partial charge in [-0.15, -0.1) is 0 Å². The lowest BCUT2D eigenvalue weighted by atomic mass is 10.1. The maximum absolute atomic E-state index is 11.6. The van der Waals surface area contributed by atoms with Gasteiger partial charge in [-0.25, -0.2) is 0 Å². The van der Waals surface area contributed by atoms with Crippen molar-refractivity contribution in [3.05, 3.63) is 35.4 Å². The first kappa shape index (κ1) is 12.7. The number of hydrogen-bond acceptors (Lipinski definition) is 3. The zero-order valence-electron chi connectivity index (χ0n) is 9.40. The molecule has 0 saturated carbocycles. The van der Waals surface area contributed by atoms with Gasteiger partial charge in [-0.05, 0) is 24.1 Å². The summed E-state index contributed by atoms with van der Waals surface area (Å²) in [6.07, 6.45) is 0.573. The standard InChI is InChI=1S/C12H17NO3/c1-16-9-10-4-2-5-11(8-10)12(15)13-6-3-7-14/h2,4-5,8,14H,3,6-7,9H2,1H3,(H,13,15). The molecule has 0 spiro atoms. The van der Waals surface area contributed by atoms with Crippen molar-refractivity contribution in [3.8, 4) is 0 Å². The molecule has 1 amide bonds. The van der Waals surface area contributed by atoms with E-state index in [0.717, 1.165) is 5.56 Å². The maximum atomic E-state index is 11.6. The van der Waals surface area contributed by atoms with Gasteiger partial charge in [-0.1, -0.05) is 12.1 Å². The molecule has 0 saturated heterocycles. The molecule has 0 aliphatic heterocycles. The van der Waals surface area contributed by atoms with E-state index in [9.17, 15) is 4.79 Å². The minimum atomic E-state index is -0.119. The van der Waals surface area contributed by atoms with E-state index in [1.807, 2.05) is 12.1 Å². The Bertz CT molecular complexity index is 339. The van der Waals surface area contributed by atoms with Crippen LogP contribution >= 0.6 is 0 Å². The van der Waals surface area contributed by atoms with Gasteiger partial charge < -0.3 is 15.2 Å². The van der Waals surface area contributed by atoms with E-state index >= 15 is 0 Å². The van der Waals surface area contributed by atoms with Crippen molar-refractivity contribution in [1.82, 2.24) is 5.32 Å². The fourth-order valence-corrected chi connectivity index (χ4v) is 1.35. The largest absolute Gasteiger partial charge is 0.396 e. The number of amides is 1. The van der Waals surface area contributed by atoms with E-state index in [-0.39, 0.29) is 12.5 Å². The molecule has 88 valence electrons. The highest BCUT2D eigenvalue weighted by Crippen LogP contribution is 2.06. The fraction of sp³-hybridized carbons (Fsp3) is 0.417. The molecule has 1 rings (SSSR count). The summed E-state index contributed by atoms with van der Waals surface area (Å²) < 4.78 is 5.00. The number of nitrogens with one attached hydrogen (secondary N) is 1. The van der Waals surface area contributed by atoms with Crippen molar-refractivity contribution in [3.63, 3.8) is 0 Å². The Hall–Kier alpha value is -1.39. The van der Waals surface area contributed by atoms with E-state index in [1.54, 1.807) is 19.2 Å². The van der Waals surface area contributed by atoms with Crippen LogP contribution in [-0.4, -0.2) is 31.3 Å². The van der Waals surface area contributed by atoms with Crippen LogP contribution in [0.25, 0.3) is 0 Å². The Labute approximate surface area is 95.2 Å². The van der Waals surface area contributed by atoms with E-state index < -0.39 is 0 Å². The first-order valence-electron chi connectivity index (χ1n) is 5.25. The molecule has 1 aromatic rings. The Balaban J connectivity index is 2.57. The number of aliphatic hydroxyl groups is 1. The molecule has 0 aromatic heterocycles. The van der Waals surface area contributed by atoms with Crippen LogP contribution in [-0.2, 0) is 11.3 Å². The lowest BCUT2D eigenvalue weighted by Gasteiger charge is -2.05. The second kappa shape index (κ2) is 6.98.